The Kier molecular flexibility index (Phi) is 5.79. The molecule has 5 nitrogen and oxygen atoms in total. The van der Waals surface area contributed by atoms with Crippen molar-refractivity contribution < 1.29 is 8.42 Å². The fraction of sp³-hybridized carbons (Fsp3) is 1.00. The Labute approximate surface area is 118 Å². The number of rotatable bonds is 6. The first-order valence-electron chi connectivity index (χ1n) is 7.17. The van der Waals surface area contributed by atoms with Crippen LogP contribution in [-0.4, -0.2) is 38.4 Å². The highest BCUT2D eigenvalue weighted by Gasteiger charge is 2.41. The van der Waals surface area contributed by atoms with Gasteiger partial charge in [-0.1, -0.05) is 20.8 Å². The number of likely N-dealkylation sites (N-methyl/N-ethyl adjacent to an activating group) is 1. The fourth-order valence-corrected chi connectivity index (χ4v) is 4.08. The summed E-state index contributed by atoms with van der Waals surface area (Å²) in [5, 5.41) is 0. The molecule has 0 amide bonds. The van der Waals surface area contributed by atoms with Crippen LogP contribution in [0.3, 0.4) is 0 Å². The van der Waals surface area contributed by atoms with E-state index < -0.39 is 15.7 Å². The van der Waals surface area contributed by atoms with Crippen LogP contribution in [0, 0.1) is 11.8 Å². The number of hydrogen-bond acceptors (Lipinski definition) is 3. The summed E-state index contributed by atoms with van der Waals surface area (Å²) in [7, 11) is -1.78. The molecule has 0 aromatic heterocycles. The van der Waals surface area contributed by atoms with E-state index in [1.54, 1.807) is 7.05 Å². The lowest BCUT2D eigenvalue weighted by Gasteiger charge is -2.44. The van der Waals surface area contributed by atoms with Gasteiger partial charge in [-0.3, -0.25) is 0 Å². The van der Waals surface area contributed by atoms with Crippen LogP contribution >= 0.6 is 0 Å². The van der Waals surface area contributed by atoms with Gasteiger partial charge < -0.3 is 5.73 Å². The topological polar surface area (TPSA) is 75.4 Å². The van der Waals surface area contributed by atoms with Crippen LogP contribution in [0.5, 0.6) is 0 Å². The second-order valence-electron chi connectivity index (χ2n) is 6.33. The van der Waals surface area contributed by atoms with Crippen molar-refractivity contribution in [3.8, 4) is 0 Å². The molecule has 0 aromatic carbocycles. The van der Waals surface area contributed by atoms with Crippen LogP contribution < -0.4 is 10.5 Å². The average molecular weight is 291 g/mol. The number of hydrogen-bond donors (Lipinski definition) is 2. The summed E-state index contributed by atoms with van der Waals surface area (Å²) in [5.41, 5.74) is 5.50. The van der Waals surface area contributed by atoms with Crippen LogP contribution in [0.2, 0.25) is 0 Å². The van der Waals surface area contributed by atoms with Crippen LogP contribution in [0.1, 0.15) is 46.5 Å². The first-order valence-corrected chi connectivity index (χ1v) is 8.61. The van der Waals surface area contributed by atoms with Crippen molar-refractivity contribution in [3.05, 3.63) is 0 Å². The Balaban J connectivity index is 2.80. The quantitative estimate of drug-likeness (QED) is 0.775. The van der Waals surface area contributed by atoms with E-state index in [9.17, 15) is 8.42 Å². The second kappa shape index (κ2) is 6.52. The minimum absolute atomic E-state index is 0.295. The Morgan fingerprint density at radius 3 is 2.32 bits per heavy atom. The Hall–Kier alpha value is -0.170. The van der Waals surface area contributed by atoms with E-state index in [1.165, 1.54) is 4.31 Å². The van der Waals surface area contributed by atoms with Gasteiger partial charge in [0.05, 0.1) is 0 Å². The van der Waals surface area contributed by atoms with Crippen LogP contribution in [0.4, 0.5) is 0 Å². The van der Waals surface area contributed by atoms with Crippen LogP contribution in [0.25, 0.3) is 0 Å². The van der Waals surface area contributed by atoms with Crippen molar-refractivity contribution in [2.24, 2.45) is 17.6 Å². The third kappa shape index (κ3) is 4.15. The molecule has 1 rings (SSSR count). The lowest BCUT2D eigenvalue weighted by Crippen LogP contribution is -2.58. The molecule has 0 unspecified atom stereocenters. The molecule has 0 heterocycles. The zero-order valence-electron chi connectivity index (χ0n) is 12.6. The van der Waals surface area contributed by atoms with E-state index in [0.29, 0.717) is 24.9 Å². The molecule has 114 valence electrons. The van der Waals surface area contributed by atoms with Gasteiger partial charge in [-0.15, -0.1) is 0 Å². The maximum atomic E-state index is 12.3. The van der Waals surface area contributed by atoms with Crippen molar-refractivity contribution in [3.63, 3.8) is 0 Å². The highest BCUT2D eigenvalue weighted by Crippen LogP contribution is 2.36. The largest absolute Gasteiger partial charge is 0.329 e. The van der Waals surface area contributed by atoms with E-state index in [2.05, 4.69) is 11.6 Å². The predicted octanol–water partition coefficient (Wildman–Crippen LogP) is 1.32. The van der Waals surface area contributed by atoms with E-state index in [4.69, 9.17) is 5.73 Å². The molecule has 0 saturated heterocycles. The minimum Gasteiger partial charge on any atom is -0.329 e. The lowest BCUT2D eigenvalue weighted by molar-refractivity contribution is 0.134. The maximum Gasteiger partial charge on any atom is 0.279 e. The Morgan fingerprint density at radius 2 is 1.89 bits per heavy atom. The zero-order chi connectivity index (χ0) is 14.7. The van der Waals surface area contributed by atoms with E-state index in [1.807, 2.05) is 13.8 Å². The summed E-state index contributed by atoms with van der Waals surface area (Å²) in [4.78, 5) is 0. The molecule has 1 aliphatic rings. The normalized spacial score (nSPS) is 29.1. The number of nitrogens with two attached hydrogens (primary N) is 1. The van der Waals surface area contributed by atoms with Crippen LogP contribution in [0.15, 0.2) is 0 Å². The van der Waals surface area contributed by atoms with Gasteiger partial charge in [0.1, 0.15) is 0 Å². The standard InChI is InChI=1S/C13H29N3O2S/c1-11(2)9-15-19(17,18)16(4)13(10-14)7-5-12(3)6-8-13/h11-12,15H,5-10,14H2,1-4H3. The average Bonchev–Trinajstić information content (AvgIpc) is 2.37. The van der Waals surface area contributed by atoms with E-state index >= 15 is 0 Å². The van der Waals surface area contributed by atoms with Crippen molar-refractivity contribution in [2.75, 3.05) is 20.1 Å². The van der Waals surface area contributed by atoms with Gasteiger partial charge >= 0.3 is 0 Å². The second-order valence-corrected chi connectivity index (χ2v) is 8.11. The third-order valence-corrected chi connectivity index (χ3v) is 5.93. The van der Waals surface area contributed by atoms with Gasteiger partial charge in [0, 0.05) is 25.7 Å². The summed E-state index contributed by atoms with van der Waals surface area (Å²) >= 11 is 0. The summed E-state index contributed by atoms with van der Waals surface area (Å²) in [5.74, 6) is 0.961. The third-order valence-electron chi connectivity index (χ3n) is 4.29. The molecule has 0 bridgehead atoms. The zero-order valence-corrected chi connectivity index (χ0v) is 13.5. The SMILES string of the molecule is CC(C)CNS(=O)(=O)N(C)C1(CN)CCC(C)CC1. The molecule has 0 aromatic rings. The first kappa shape index (κ1) is 16.9. The van der Waals surface area contributed by atoms with Crippen molar-refractivity contribution in [2.45, 2.75) is 52.0 Å². The number of nitrogens with zero attached hydrogens (tertiary/aromatic N) is 1. The summed E-state index contributed by atoms with van der Waals surface area (Å²) in [6, 6.07) is 0. The highest BCUT2D eigenvalue weighted by atomic mass is 32.2. The summed E-state index contributed by atoms with van der Waals surface area (Å²) < 4.78 is 28.8. The summed E-state index contributed by atoms with van der Waals surface area (Å²) in [6.07, 6.45) is 3.79. The minimum atomic E-state index is -3.44. The predicted molar refractivity (Wildman–Crippen MR) is 78.9 cm³/mol. The molecular weight excluding hydrogens is 262 g/mol. The Morgan fingerprint density at radius 1 is 1.37 bits per heavy atom. The highest BCUT2D eigenvalue weighted by molar-refractivity contribution is 7.87. The maximum absolute atomic E-state index is 12.3. The van der Waals surface area contributed by atoms with Crippen molar-refractivity contribution in [1.29, 1.82) is 0 Å². The molecule has 3 N–H and O–H groups in total. The molecule has 1 saturated carbocycles. The van der Waals surface area contributed by atoms with Crippen molar-refractivity contribution >= 4 is 10.2 Å². The molecular formula is C13H29N3O2S. The van der Waals surface area contributed by atoms with E-state index in [0.717, 1.165) is 25.7 Å². The molecule has 1 fully saturated rings. The van der Waals surface area contributed by atoms with Crippen molar-refractivity contribution in [1.82, 2.24) is 9.03 Å². The molecule has 19 heavy (non-hydrogen) atoms. The molecule has 1 aliphatic carbocycles. The number of nitrogens with one attached hydrogen (secondary N) is 1. The monoisotopic (exact) mass is 291 g/mol. The molecule has 6 heteroatoms. The van der Waals surface area contributed by atoms with Gasteiger partial charge in [-0.05, 0) is 37.5 Å². The lowest BCUT2D eigenvalue weighted by atomic mass is 9.77. The van der Waals surface area contributed by atoms with Gasteiger partial charge in [0.2, 0.25) is 0 Å². The fourth-order valence-electron chi connectivity index (χ4n) is 2.57. The molecule has 0 atom stereocenters. The molecule has 0 spiro atoms. The van der Waals surface area contributed by atoms with Gasteiger partial charge in [-0.2, -0.15) is 12.7 Å². The van der Waals surface area contributed by atoms with Gasteiger partial charge in [0.25, 0.3) is 10.2 Å². The molecule has 0 aliphatic heterocycles. The smallest absolute Gasteiger partial charge is 0.279 e. The van der Waals surface area contributed by atoms with Crippen LogP contribution in [-0.2, 0) is 10.2 Å². The van der Waals surface area contributed by atoms with Gasteiger partial charge in [-0.25, -0.2) is 4.72 Å². The Bertz CT molecular complexity index is 373. The molecule has 0 radical (unpaired) electrons. The van der Waals surface area contributed by atoms with Gasteiger partial charge in [0.15, 0.2) is 0 Å². The summed E-state index contributed by atoms with van der Waals surface area (Å²) in [6.45, 7) is 7.04. The van der Waals surface area contributed by atoms with E-state index in [-0.39, 0.29) is 0 Å². The first-order chi connectivity index (χ1) is 8.73.